The SMILES string of the molecule is COC(=O)c1ccc(NS(=O)(=O)c2cc(OC)ccc2OC)c(C)c1. The smallest absolute Gasteiger partial charge is 0.337 e. The third-order valence-electron chi connectivity index (χ3n) is 3.55. The number of ether oxygens (including phenoxy) is 3. The highest BCUT2D eigenvalue weighted by molar-refractivity contribution is 7.92. The average Bonchev–Trinajstić information content (AvgIpc) is 2.61. The molecule has 0 aliphatic heterocycles. The second-order valence-electron chi connectivity index (χ2n) is 5.14. The van der Waals surface area contributed by atoms with Gasteiger partial charge in [-0.1, -0.05) is 0 Å². The number of nitrogens with one attached hydrogen (secondary N) is 1. The van der Waals surface area contributed by atoms with Crippen molar-refractivity contribution >= 4 is 21.7 Å². The molecule has 1 N–H and O–H groups in total. The van der Waals surface area contributed by atoms with Gasteiger partial charge in [-0.15, -0.1) is 0 Å². The van der Waals surface area contributed by atoms with Gasteiger partial charge in [0.15, 0.2) is 0 Å². The first-order valence-corrected chi connectivity index (χ1v) is 8.74. The van der Waals surface area contributed by atoms with Gasteiger partial charge >= 0.3 is 5.97 Å². The largest absolute Gasteiger partial charge is 0.497 e. The summed E-state index contributed by atoms with van der Waals surface area (Å²) in [5, 5.41) is 0. The molecule has 0 heterocycles. The van der Waals surface area contributed by atoms with Gasteiger partial charge in [-0.2, -0.15) is 0 Å². The summed E-state index contributed by atoms with van der Waals surface area (Å²) >= 11 is 0. The molecular weight excluding hydrogens is 346 g/mol. The van der Waals surface area contributed by atoms with E-state index in [1.54, 1.807) is 19.1 Å². The van der Waals surface area contributed by atoms with Crippen LogP contribution in [0.3, 0.4) is 0 Å². The Hall–Kier alpha value is -2.74. The Kier molecular flexibility index (Phi) is 5.53. The van der Waals surface area contributed by atoms with Gasteiger partial charge < -0.3 is 14.2 Å². The fourth-order valence-corrected chi connectivity index (χ4v) is 3.53. The van der Waals surface area contributed by atoms with Crippen molar-refractivity contribution in [3.8, 4) is 11.5 Å². The number of rotatable bonds is 6. The van der Waals surface area contributed by atoms with Crippen LogP contribution in [0, 0.1) is 6.92 Å². The van der Waals surface area contributed by atoms with E-state index < -0.39 is 16.0 Å². The van der Waals surface area contributed by atoms with Crippen LogP contribution in [-0.2, 0) is 14.8 Å². The van der Waals surface area contributed by atoms with Crippen molar-refractivity contribution in [3.63, 3.8) is 0 Å². The molecule has 2 rings (SSSR count). The Morgan fingerprint density at radius 1 is 1.00 bits per heavy atom. The molecule has 0 aliphatic carbocycles. The van der Waals surface area contributed by atoms with Crippen molar-refractivity contribution in [2.24, 2.45) is 0 Å². The molecule has 2 aromatic rings. The molecule has 0 aliphatic rings. The fraction of sp³-hybridized carbons (Fsp3) is 0.235. The van der Waals surface area contributed by atoms with Gasteiger partial charge in [0.25, 0.3) is 10.0 Å². The summed E-state index contributed by atoms with van der Waals surface area (Å²) in [5.41, 5.74) is 1.26. The highest BCUT2D eigenvalue weighted by Crippen LogP contribution is 2.30. The van der Waals surface area contributed by atoms with E-state index in [2.05, 4.69) is 9.46 Å². The van der Waals surface area contributed by atoms with Crippen molar-refractivity contribution in [1.29, 1.82) is 0 Å². The maximum Gasteiger partial charge on any atom is 0.337 e. The minimum Gasteiger partial charge on any atom is -0.497 e. The van der Waals surface area contributed by atoms with Gasteiger partial charge in [0.05, 0.1) is 32.6 Å². The Labute approximate surface area is 146 Å². The second kappa shape index (κ2) is 7.43. The minimum atomic E-state index is -3.92. The first-order valence-electron chi connectivity index (χ1n) is 7.26. The number of aryl methyl sites for hydroxylation is 1. The lowest BCUT2D eigenvalue weighted by molar-refractivity contribution is 0.0600. The van der Waals surface area contributed by atoms with E-state index in [0.717, 1.165) is 0 Å². The van der Waals surface area contributed by atoms with Crippen LogP contribution in [0.5, 0.6) is 11.5 Å². The van der Waals surface area contributed by atoms with Crippen molar-refractivity contribution in [3.05, 3.63) is 47.5 Å². The molecule has 0 fully saturated rings. The number of carbonyl (C=O) groups excluding carboxylic acids is 1. The first kappa shape index (κ1) is 18.6. The molecule has 0 bridgehead atoms. The van der Waals surface area contributed by atoms with Crippen molar-refractivity contribution in [2.75, 3.05) is 26.1 Å². The number of benzene rings is 2. The van der Waals surface area contributed by atoms with E-state index in [0.29, 0.717) is 22.6 Å². The molecule has 0 atom stereocenters. The summed E-state index contributed by atoms with van der Waals surface area (Å²) in [7, 11) is 0.192. The predicted octanol–water partition coefficient (Wildman–Crippen LogP) is 2.60. The van der Waals surface area contributed by atoms with E-state index in [1.165, 1.54) is 45.6 Å². The lowest BCUT2D eigenvalue weighted by Crippen LogP contribution is -2.15. The van der Waals surface area contributed by atoms with Crippen LogP contribution in [-0.4, -0.2) is 35.7 Å². The summed E-state index contributed by atoms with van der Waals surface area (Å²) in [6.45, 7) is 1.69. The molecule has 8 heteroatoms. The predicted molar refractivity (Wildman–Crippen MR) is 92.9 cm³/mol. The van der Waals surface area contributed by atoms with Crippen LogP contribution >= 0.6 is 0 Å². The Morgan fingerprint density at radius 2 is 1.72 bits per heavy atom. The van der Waals surface area contributed by atoms with Crippen LogP contribution < -0.4 is 14.2 Å². The second-order valence-corrected chi connectivity index (χ2v) is 6.79. The summed E-state index contributed by atoms with van der Waals surface area (Å²) in [5.74, 6) is 0.0862. The van der Waals surface area contributed by atoms with Crippen LogP contribution in [0.4, 0.5) is 5.69 Å². The monoisotopic (exact) mass is 365 g/mol. The van der Waals surface area contributed by atoms with Gasteiger partial charge in [-0.25, -0.2) is 13.2 Å². The number of hydrogen-bond acceptors (Lipinski definition) is 6. The number of esters is 1. The highest BCUT2D eigenvalue weighted by atomic mass is 32.2. The van der Waals surface area contributed by atoms with Crippen molar-refractivity contribution < 1.29 is 27.4 Å². The van der Waals surface area contributed by atoms with Crippen molar-refractivity contribution in [1.82, 2.24) is 0 Å². The third-order valence-corrected chi connectivity index (χ3v) is 4.94. The van der Waals surface area contributed by atoms with E-state index in [-0.39, 0.29) is 10.6 Å². The zero-order chi connectivity index (χ0) is 18.6. The minimum absolute atomic E-state index is 0.0502. The maximum atomic E-state index is 12.7. The van der Waals surface area contributed by atoms with E-state index in [4.69, 9.17) is 9.47 Å². The summed E-state index contributed by atoms with van der Waals surface area (Å²) in [6.07, 6.45) is 0. The lowest BCUT2D eigenvalue weighted by Gasteiger charge is -2.14. The average molecular weight is 365 g/mol. The van der Waals surface area contributed by atoms with E-state index >= 15 is 0 Å². The van der Waals surface area contributed by atoms with Gasteiger partial charge in [0.1, 0.15) is 16.4 Å². The van der Waals surface area contributed by atoms with Crippen LogP contribution in [0.1, 0.15) is 15.9 Å². The van der Waals surface area contributed by atoms with Gasteiger partial charge in [0, 0.05) is 6.07 Å². The molecular formula is C17H19NO6S. The summed E-state index contributed by atoms with van der Waals surface area (Å²) in [6, 6.07) is 9.03. The third kappa shape index (κ3) is 4.03. The van der Waals surface area contributed by atoms with Crippen LogP contribution in [0.15, 0.2) is 41.3 Å². The number of methoxy groups -OCH3 is 3. The molecule has 0 spiro atoms. The van der Waals surface area contributed by atoms with Gasteiger partial charge in [-0.05, 0) is 42.8 Å². The van der Waals surface area contributed by atoms with Gasteiger partial charge in [0.2, 0.25) is 0 Å². The Bertz CT molecular complexity index is 892. The topological polar surface area (TPSA) is 90.9 Å². The molecule has 7 nitrogen and oxygen atoms in total. The number of anilines is 1. The quantitative estimate of drug-likeness (QED) is 0.791. The van der Waals surface area contributed by atoms with Crippen molar-refractivity contribution in [2.45, 2.75) is 11.8 Å². The molecule has 0 radical (unpaired) electrons. The fourth-order valence-electron chi connectivity index (χ4n) is 2.22. The molecule has 134 valence electrons. The Balaban J connectivity index is 2.41. The molecule has 0 saturated carbocycles. The normalized spacial score (nSPS) is 10.9. The highest BCUT2D eigenvalue weighted by Gasteiger charge is 2.22. The zero-order valence-corrected chi connectivity index (χ0v) is 15.1. The molecule has 0 saturated heterocycles. The number of sulfonamides is 1. The Morgan fingerprint density at radius 3 is 2.28 bits per heavy atom. The van der Waals surface area contributed by atoms with Gasteiger partial charge in [-0.3, -0.25) is 4.72 Å². The summed E-state index contributed by atoms with van der Waals surface area (Å²) in [4.78, 5) is 11.5. The number of carbonyl (C=O) groups is 1. The molecule has 25 heavy (non-hydrogen) atoms. The summed E-state index contributed by atoms with van der Waals surface area (Å²) < 4.78 is 42.8. The van der Waals surface area contributed by atoms with Crippen LogP contribution in [0.25, 0.3) is 0 Å². The van der Waals surface area contributed by atoms with E-state index in [9.17, 15) is 13.2 Å². The zero-order valence-electron chi connectivity index (χ0n) is 14.3. The maximum absolute atomic E-state index is 12.7. The number of hydrogen-bond donors (Lipinski definition) is 1. The first-order chi connectivity index (χ1) is 11.8. The molecule has 0 aromatic heterocycles. The standard InChI is InChI=1S/C17H19NO6S/c1-11-9-12(17(19)24-4)5-7-14(11)18-25(20,21)16-10-13(22-2)6-8-15(16)23-3/h5-10,18H,1-4H3. The molecule has 0 unspecified atom stereocenters. The molecule has 2 aromatic carbocycles. The lowest BCUT2D eigenvalue weighted by atomic mass is 10.1. The van der Waals surface area contributed by atoms with E-state index in [1.807, 2.05) is 0 Å². The van der Waals surface area contributed by atoms with Crippen LogP contribution in [0.2, 0.25) is 0 Å². The molecule has 0 amide bonds.